The number of carbonyl (C=O) groups is 1. The number of hydrogen-bond acceptors (Lipinski definition) is 3. The maximum Gasteiger partial charge on any atom is 0.308 e. The molecule has 1 aliphatic carbocycles. The Hall–Kier alpha value is -1.36. The molecular weight excluding hydrogens is 320 g/mol. The number of esters is 1. The Morgan fingerprint density at radius 3 is 2.80 bits per heavy atom. The zero-order valence-corrected chi connectivity index (χ0v) is 13.0. The molecule has 0 bridgehead atoms. The van der Waals surface area contributed by atoms with Crippen molar-refractivity contribution in [1.82, 2.24) is 9.55 Å². The van der Waals surface area contributed by atoms with Crippen LogP contribution in [0.3, 0.4) is 0 Å². The highest BCUT2D eigenvalue weighted by molar-refractivity contribution is 9.10. The van der Waals surface area contributed by atoms with Crippen LogP contribution >= 0.6 is 15.9 Å². The van der Waals surface area contributed by atoms with Crippen LogP contribution in [0.25, 0.3) is 11.0 Å². The summed E-state index contributed by atoms with van der Waals surface area (Å²) in [6.45, 7) is 0. The first kappa shape index (κ1) is 13.6. The van der Waals surface area contributed by atoms with Crippen molar-refractivity contribution in [2.45, 2.75) is 31.7 Å². The standard InChI is InChI=1S/C15H17BrN2O2/c1-20-15(19)10-2-5-12(6-3-10)18-9-17-13-7-4-11(16)8-14(13)18/h4,7-10,12H,2-3,5-6H2,1H3/t10-,12-. The first-order valence-electron chi connectivity index (χ1n) is 6.89. The van der Waals surface area contributed by atoms with Crippen molar-refractivity contribution in [2.24, 2.45) is 5.92 Å². The van der Waals surface area contributed by atoms with Crippen LogP contribution in [0.1, 0.15) is 31.7 Å². The summed E-state index contributed by atoms with van der Waals surface area (Å²) in [7, 11) is 1.47. The van der Waals surface area contributed by atoms with Gasteiger partial charge in [0.05, 0.1) is 30.4 Å². The molecule has 1 fully saturated rings. The van der Waals surface area contributed by atoms with Crippen molar-refractivity contribution in [3.8, 4) is 0 Å². The van der Waals surface area contributed by atoms with Crippen LogP contribution in [-0.2, 0) is 9.53 Å². The molecule has 20 heavy (non-hydrogen) atoms. The second-order valence-electron chi connectivity index (χ2n) is 5.31. The van der Waals surface area contributed by atoms with Crippen molar-refractivity contribution in [1.29, 1.82) is 0 Å². The SMILES string of the molecule is COC(=O)[C@H]1CC[C@H](n2cnc3ccc(Br)cc32)CC1. The van der Waals surface area contributed by atoms with Gasteiger partial charge in [0.1, 0.15) is 0 Å². The van der Waals surface area contributed by atoms with Crippen molar-refractivity contribution < 1.29 is 9.53 Å². The molecule has 0 saturated heterocycles. The molecule has 0 spiro atoms. The summed E-state index contributed by atoms with van der Waals surface area (Å²) in [4.78, 5) is 16.0. The molecular formula is C15H17BrN2O2. The highest BCUT2D eigenvalue weighted by Gasteiger charge is 2.28. The van der Waals surface area contributed by atoms with Gasteiger partial charge in [-0.2, -0.15) is 0 Å². The van der Waals surface area contributed by atoms with Crippen LogP contribution in [0.5, 0.6) is 0 Å². The topological polar surface area (TPSA) is 44.1 Å². The van der Waals surface area contributed by atoms with E-state index in [2.05, 4.69) is 31.5 Å². The van der Waals surface area contributed by atoms with Crippen molar-refractivity contribution in [3.05, 3.63) is 29.0 Å². The summed E-state index contributed by atoms with van der Waals surface area (Å²) in [6.07, 6.45) is 5.70. The van der Waals surface area contributed by atoms with Gasteiger partial charge in [-0.15, -0.1) is 0 Å². The molecule has 1 aliphatic rings. The summed E-state index contributed by atoms with van der Waals surface area (Å²) in [5.41, 5.74) is 2.17. The number of nitrogens with zero attached hydrogens (tertiary/aromatic N) is 2. The van der Waals surface area contributed by atoms with Gasteiger partial charge in [-0.05, 0) is 43.9 Å². The number of ether oxygens (including phenoxy) is 1. The molecule has 0 amide bonds. The Labute approximate surface area is 126 Å². The number of methoxy groups -OCH3 is 1. The first-order valence-corrected chi connectivity index (χ1v) is 7.68. The van der Waals surface area contributed by atoms with E-state index >= 15 is 0 Å². The molecule has 1 aromatic heterocycles. The largest absolute Gasteiger partial charge is 0.469 e. The zero-order valence-electron chi connectivity index (χ0n) is 11.4. The Morgan fingerprint density at radius 2 is 2.10 bits per heavy atom. The lowest BCUT2D eigenvalue weighted by molar-refractivity contribution is -0.146. The predicted octanol–water partition coefficient (Wildman–Crippen LogP) is 3.70. The second-order valence-corrected chi connectivity index (χ2v) is 6.23. The Bertz CT molecular complexity index is 630. The molecule has 106 valence electrons. The van der Waals surface area contributed by atoms with E-state index in [-0.39, 0.29) is 11.9 Å². The number of fused-ring (bicyclic) bond motifs is 1. The molecule has 4 nitrogen and oxygen atoms in total. The molecule has 0 N–H and O–H groups in total. The van der Waals surface area contributed by atoms with Crippen LogP contribution in [0.15, 0.2) is 29.0 Å². The summed E-state index contributed by atoms with van der Waals surface area (Å²) >= 11 is 3.51. The molecule has 0 aliphatic heterocycles. The van der Waals surface area contributed by atoms with Crippen LogP contribution in [0.4, 0.5) is 0 Å². The fourth-order valence-corrected chi connectivity index (χ4v) is 3.40. The second kappa shape index (κ2) is 5.56. The van der Waals surface area contributed by atoms with E-state index in [4.69, 9.17) is 4.74 Å². The Balaban J connectivity index is 1.80. The van der Waals surface area contributed by atoms with Gasteiger partial charge in [-0.3, -0.25) is 4.79 Å². The quantitative estimate of drug-likeness (QED) is 0.785. The predicted molar refractivity (Wildman–Crippen MR) is 80.4 cm³/mol. The minimum atomic E-state index is -0.0679. The van der Waals surface area contributed by atoms with Gasteiger partial charge in [0.2, 0.25) is 0 Å². The molecule has 1 heterocycles. The molecule has 0 unspecified atom stereocenters. The highest BCUT2D eigenvalue weighted by Crippen LogP contribution is 2.34. The minimum absolute atomic E-state index is 0.0674. The van der Waals surface area contributed by atoms with Gasteiger partial charge in [-0.25, -0.2) is 4.98 Å². The van der Waals surface area contributed by atoms with Crippen molar-refractivity contribution in [2.75, 3.05) is 7.11 Å². The van der Waals surface area contributed by atoms with Gasteiger partial charge < -0.3 is 9.30 Å². The Kier molecular flexibility index (Phi) is 3.78. The minimum Gasteiger partial charge on any atom is -0.469 e. The Morgan fingerprint density at radius 1 is 1.35 bits per heavy atom. The third kappa shape index (κ3) is 2.46. The first-order chi connectivity index (χ1) is 9.69. The lowest BCUT2D eigenvalue weighted by Gasteiger charge is -2.28. The maximum absolute atomic E-state index is 11.6. The fourth-order valence-electron chi connectivity index (χ4n) is 3.05. The van der Waals surface area contributed by atoms with E-state index in [9.17, 15) is 4.79 Å². The smallest absolute Gasteiger partial charge is 0.308 e. The zero-order chi connectivity index (χ0) is 14.1. The van der Waals surface area contributed by atoms with Gasteiger partial charge >= 0.3 is 5.97 Å². The van der Waals surface area contributed by atoms with E-state index in [0.29, 0.717) is 6.04 Å². The lowest BCUT2D eigenvalue weighted by atomic mass is 9.86. The highest BCUT2D eigenvalue weighted by atomic mass is 79.9. The molecule has 5 heteroatoms. The molecule has 1 saturated carbocycles. The van der Waals surface area contributed by atoms with Gasteiger partial charge in [0.15, 0.2) is 0 Å². The molecule has 3 rings (SSSR count). The third-order valence-corrected chi connectivity index (χ3v) is 4.65. The fraction of sp³-hybridized carbons (Fsp3) is 0.467. The van der Waals surface area contributed by atoms with Crippen molar-refractivity contribution in [3.63, 3.8) is 0 Å². The van der Waals surface area contributed by atoms with Crippen LogP contribution in [0, 0.1) is 5.92 Å². The number of halogens is 1. The number of benzene rings is 1. The molecule has 0 radical (unpaired) electrons. The average Bonchev–Trinajstić information content (AvgIpc) is 2.89. The number of hydrogen-bond donors (Lipinski definition) is 0. The van der Waals surface area contributed by atoms with Crippen LogP contribution in [-0.4, -0.2) is 22.6 Å². The number of rotatable bonds is 2. The number of imidazole rings is 1. The normalized spacial score (nSPS) is 22.9. The van der Waals surface area contributed by atoms with E-state index in [1.165, 1.54) is 7.11 Å². The van der Waals surface area contributed by atoms with E-state index in [0.717, 1.165) is 41.2 Å². The average molecular weight is 337 g/mol. The van der Waals surface area contributed by atoms with Crippen LogP contribution in [0.2, 0.25) is 0 Å². The van der Waals surface area contributed by atoms with Gasteiger partial charge in [0.25, 0.3) is 0 Å². The molecule has 2 aromatic rings. The lowest BCUT2D eigenvalue weighted by Crippen LogP contribution is -2.24. The third-order valence-electron chi connectivity index (χ3n) is 4.16. The van der Waals surface area contributed by atoms with E-state index < -0.39 is 0 Å². The molecule has 1 aromatic carbocycles. The maximum atomic E-state index is 11.6. The number of carbonyl (C=O) groups excluding carboxylic acids is 1. The van der Waals surface area contributed by atoms with Gasteiger partial charge in [-0.1, -0.05) is 15.9 Å². The summed E-state index contributed by atoms with van der Waals surface area (Å²) in [5.74, 6) is -0.000504. The van der Waals surface area contributed by atoms with Gasteiger partial charge in [0, 0.05) is 10.5 Å². The molecule has 0 atom stereocenters. The monoisotopic (exact) mass is 336 g/mol. The van der Waals surface area contributed by atoms with Crippen LogP contribution < -0.4 is 0 Å². The summed E-state index contributed by atoms with van der Waals surface area (Å²) in [5, 5.41) is 0. The van der Waals surface area contributed by atoms with E-state index in [1.54, 1.807) is 0 Å². The van der Waals surface area contributed by atoms with Crippen molar-refractivity contribution >= 4 is 32.9 Å². The summed E-state index contributed by atoms with van der Waals surface area (Å²) in [6, 6.07) is 6.56. The number of aromatic nitrogens is 2. The summed E-state index contributed by atoms with van der Waals surface area (Å²) < 4.78 is 8.15. The van der Waals surface area contributed by atoms with E-state index in [1.807, 2.05) is 18.5 Å².